The Balaban J connectivity index is 1.30. The SMILES string of the molecule is CC1(C(=O)Nc2nc(-c3cccc4ccccc34)cs2)CC2c3ccccc3C1(C=O)c1ccccc12. The normalized spacial score (nSPS) is 23.3. The van der Waals surface area contributed by atoms with E-state index >= 15 is 0 Å². The van der Waals surface area contributed by atoms with Crippen LogP contribution >= 0.6 is 11.3 Å². The molecule has 0 saturated heterocycles. The highest BCUT2D eigenvalue weighted by Gasteiger charge is 2.64. The molecule has 2 bridgehead atoms. The number of benzene rings is 4. The number of aldehydes is 1. The Morgan fingerprint density at radius 2 is 1.57 bits per heavy atom. The average Bonchev–Trinajstić information content (AvgIpc) is 3.41. The topological polar surface area (TPSA) is 59.1 Å². The number of thiazole rings is 1. The summed E-state index contributed by atoms with van der Waals surface area (Å²) < 4.78 is 0. The third kappa shape index (κ3) is 2.92. The lowest BCUT2D eigenvalue weighted by Gasteiger charge is -2.56. The van der Waals surface area contributed by atoms with Gasteiger partial charge in [-0.25, -0.2) is 4.98 Å². The zero-order valence-corrected chi connectivity index (χ0v) is 21.1. The molecule has 3 aliphatic rings. The van der Waals surface area contributed by atoms with Crippen molar-refractivity contribution in [2.45, 2.75) is 24.7 Å². The standard InChI is InChI=1S/C32H24N2O2S/c1-31(17-25-22-12-4-6-15-26(22)32(31,19-35)27-16-7-5-13-23(25)27)29(36)34-30-33-28(18-37-30)24-14-8-10-20-9-2-3-11-21(20)24/h2-16,18-19,25H,17H2,1H3,(H,33,34,36). The minimum absolute atomic E-state index is 0.0625. The Labute approximate surface area is 219 Å². The molecule has 37 heavy (non-hydrogen) atoms. The number of nitrogens with zero attached hydrogens (tertiary/aromatic N) is 1. The zero-order valence-electron chi connectivity index (χ0n) is 20.3. The lowest BCUT2D eigenvalue weighted by molar-refractivity contribution is -0.134. The molecule has 1 N–H and O–H groups in total. The molecule has 0 saturated carbocycles. The first-order valence-corrected chi connectivity index (χ1v) is 13.3. The van der Waals surface area contributed by atoms with Crippen molar-refractivity contribution in [3.63, 3.8) is 0 Å². The number of fused-ring (bicyclic) bond motifs is 2. The fourth-order valence-corrected chi connectivity index (χ4v) is 7.39. The fourth-order valence-electron chi connectivity index (χ4n) is 6.68. The van der Waals surface area contributed by atoms with Crippen LogP contribution < -0.4 is 5.32 Å². The number of aromatic nitrogens is 1. The molecule has 4 nitrogen and oxygen atoms in total. The molecule has 1 amide bonds. The molecule has 1 atom stereocenters. The van der Waals surface area contributed by atoms with Crippen LogP contribution in [0.25, 0.3) is 22.0 Å². The number of hydrogen-bond acceptors (Lipinski definition) is 4. The van der Waals surface area contributed by atoms with Gasteiger partial charge in [0.05, 0.1) is 16.5 Å². The quantitative estimate of drug-likeness (QED) is 0.272. The summed E-state index contributed by atoms with van der Waals surface area (Å²) in [6, 6.07) is 30.6. The Morgan fingerprint density at radius 3 is 2.30 bits per heavy atom. The van der Waals surface area contributed by atoms with E-state index in [0.717, 1.165) is 50.6 Å². The largest absolute Gasteiger partial charge is 0.302 e. The van der Waals surface area contributed by atoms with Crippen LogP contribution in [0.15, 0.2) is 96.4 Å². The number of anilines is 1. The van der Waals surface area contributed by atoms with Crippen LogP contribution in [0.5, 0.6) is 0 Å². The van der Waals surface area contributed by atoms with E-state index in [2.05, 4.69) is 41.7 Å². The van der Waals surface area contributed by atoms with Crippen molar-refractivity contribution >= 4 is 39.4 Å². The van der Waals surface area contributed by atoms with Gasteiger partial charge >= 0.3 is 0 Å². The van der Waals surface area contributed by atoms with E-state index in [1.165, 1.54) is 11.3 Å². The summed E-state index contributed by atoms with van der Waals surface area (Å²) in [5, 5.41) is 7.90. The molecule has 0 fully saturated rings. The summed E-state index contributed by atoms with van der Waals surface area (Å²) in [4.78, 5) is 32.1. The van der Waals surface area contributed by atoms with Crippen molar-refractivity contribution in [3.05, 3.63) is 119 Å². The zero-order chi connectivity index (χ0) is 25.2. The van der Waals surface area contributed by atoms with Gasteiger partial charge in [-0.05, 0) is 46.4 Å². The highest BCUT2D eigenvalue weighted by molar-refractivity contribution is 7.14. The summed E-state index contributed by atoms with van der Waals surface area (Å²) >= 11 is 1.41. The van der Waals surface area contributed by atoms with Crippen molar-refractivity contribution < 1.29 is 9.59 Å². The van der Waals surface area contributed by atoms with Gasteiger partial charge < -0.3 is 10.1 Å². The number of carbonyl (C=O) groups is 2. The van der Waals surface area contributed by atoms with Gasteiger partial charge in [-0.15, -0.1) is 11.3 Å². The van der Waals surface area contributed by atoms with E-state index < -0.39 is 10.8 Å². The van der Waals surface area contributed by atoms with E-state index in [1.807, 2.05) is 66.9 Å². The van der Waals surface area contributed by atoms with Crippen LogP contribution in [0, 0.1) is 5.41 Å². The maximum atomic E-state index is 14.1. The highest BCUT2D eigenvalue weighted by Crippen LogP contribution is 2.63. The first-order chi connectivity index (χ1) is 18.1. The van der Waals surface area contributed by atoms with Crippen molar-refractivity contribution in [1.82, 2.24) is 4.98 Å². The summed E-state index contributed by atoms with van der Waals surface area (Å²) in [6.07, 6.45) is 1.57. The molecule has 180 valence electrons. The first kappa shape index (κ1) is 22.1. The van der Waals surface area contributed by atoms with Gasteiger partial charge in [0.1, 0.15) is 6.29 Å². The van der Waals surface area contributed by atoms with Crippen LogP contribution in [0.2, 0.25) is 0 Å². The molecule has 5 heteroatoms. The van der Waals surface area contributed by atoms with Gasteiger partial charge in [-0.1, -0.05) is 91.0 Å². The molecular formula is C32H24N2O2S. The van der Waals surface area contributed by atoms with Gasteiger partial charge in [0.2, 0.25) is 5.91 Å². The van der Waals surface area contributed by atoms with Gasteiger partial charge in [-0.3, -0.25) is 4.79 Å². The van der Waals surface area contributed by atoms with E-state index in [0.29, 0.717) is 11.6 Å². The van der Waals surface area contributed by atoms with Crippen molar-refractivity contribution in [1.29, 1.82) is 0 Å². The smallest absolute Gasteiger partial charge is 0.233 e. The predicted octanol–water partition coefficient (Wildman–Crippen LogP) is 6.94. The molecular weight excluding hydrogens is 476 g/mol. The van der Waals surface area contributed by atoms with Gasteiger partial charge in [0.25, 0.3) is 0 Å². The molecule has 1 heterocycles. The van der Waals surface area contributed by atoms with E-state index in [-0.39, 0.29) is 11.8 Å². The van der Waals surface area contributed by atoms with E-state index in [4.69, 9.17) is 4.98 Å². The van der Waals surface area contributed by atoms with Gasteiger partial charge in [0.15, 0.2) is 5.13 Å². The third-order valence-corrected chi connectivity index (χ3v) is 9.23. The predicted molar refractivity (Wildman–Crippen MR) is 148 cm³/mol. The van der Waals surface area contributed by atoms with Crippen molar-refractivity contribution in [2.75, 3.05) is 5.32 Å². The average molecular weight is 501 g/mol. The lowest BCUT2D eigenvalue weighted by Crippen LogP contribution is -2.59. The second kappa shape index (κ2) is 7.95. The summed E-state index contributed by atoms with van der Waals surface area (Å²) in [5.41, 5.74) is 4.00. The minimum Gasteiger partial charge on any atom is -0.302 e. The van der Waals surface area contributed by atoms with Crippen LogP contribution in [0.1, 0.15) is 41.5 Å². The second-order valence-corrected chi connectivity index (χ2v) is 11.1. The Bertz CT molecular complexity index is 1670. The molecule has 0 spiro atoms. The summed E-state index contributed by atoms with van der Waals surface area (Å²) in [7, 11) is 0. The molecule has 4 aromatic carbocycles. The molecule has 0 radical (unpaired) electrons. The highest BCUT2D eigenvalue weighted by atomic mass is 32.1. The minimum atomic E-state index is -1.06. The first-order valence-electron chi connectivity index (χ1n) is 12.5. The number of nitrogens with one attached hydrogen (secondary N) is 1. The van der Waals surface area contributed by atoms with Crippen LogP contribution in [-0.4, -0.2) is 17.2 Å². The van der Waals surface area contributed by atoms with Gasteiger partial charge in [0, 0.05) is 16.9 Å². The number of hydrogen-bond donors (Lipinski definition) is 1. The van der Waals surface area contributed by atoms with Crippen LogP contribution in [0.3, 0.4) is 0 Å². The third-order valence-electron chi connectivity index (χ3n) is 8.47. The molecule has 1 aromatic heterocycles. The Hall–Kier alpha value is -4.09. The Kier molecular flexibility index (Phi) is 4.76. The maximum absolute atomic E-state index is 14.1. The monoisotopic (exact) mass is 500 g/mol. The molecule has 1 unspecified atom stereocenters. The molecule has 0 aliphatic heterocycles. The van der Waals surface area contributed by atoms with E-state index in [9.17, 15) is 9.59 Å². The van der Waals surface area contributed by atoms with Crippen LogP contribution in [-0.2, 0) is 15.0 Å². The van der Waals surface area contributed by atoms with Crippen molar-refractivity contribution in [2.24, 2.45) is 5.41 Å². The summed E-state index contributed by atoms with van der Waals surface area (Å²) in [6.45, 7) is 1.94. The second-order valence-electron chi connectivity index (χ2n) is 10.2. The number of rotatable bonds is 4. The number of carbonyl (C=O) groups excluding carboxylic acids is 2. The maximum Gasteiger partial charge on any atom is 0.233 e. The van der Waals surface area contributed by atoms with Crippen molar-refractivity contribution in [3.8, 4) is 11.3 Å². The van der Waals surface area contributed by atoms with Crippen LogP contribution in [0.4, 0.5) is 5.13 Å². The summed E-state index contributed by atoms with van der Waals surface area (Å²) in [5.74, 6) is -0.111. The lowest BCUT2D eigenvalue weighted by atomic mass is 9.44. The number of amides is 1. The van der Waals surface area contributed by atoms with Gasteiger partial charge in [-0.2, -0.15) is 0 Å². The molecule has 8 rings (SSSR count). The fraction of sp³-hybridized carbons (Fsp3) is 0.156. The van der Waals surface area contributed by atoms with E-state index in [1.54, 1.807) is 0 Å². The molecule has 3 aliphatic carbocycles. The Morgan fingerprint density at radius 1 is 0.919 bits per heavy atom. The molecule has 5 aromatic rings.